The molecule has 0 aliphatic heterocycles. The third-order valence-electron chi connectivity index (χ3n) is 4.86. The maximum atomic E-state index is 12.5. The van der Waals surface area contributed by atoms with E-state index in [1.807, 2.05) is 0 Å². The third-order valence-corrected chi connectivity index (χ3v) is 6.23. The van der Waals surface area contributed by atoms with Gasteiger partial charge in [0.15, 0.2) is 16.6 Å². The highest BCUT2D eigenvalue weighted by Crippen LogP contribution is 2.39. The molecular weight excluding hydrogens is 410 g/mol. The Kier molecular flexibility index (Phi) is 6.39. The van der Waals surface area contributed by atoms with Crippen LogP contribution in [0.4, 0.5) is 5.00 Å². The van der Waals surface area contributed by atoms with Gasteiger partial charge < -0.3 is 20.5 Å². The molecule has 0 fully saturated rings. The number of nitrogens with two attached hydrogens (primary N) is 1. The summed E-state index contributed by atoms with van der Waals surface area (Å²) in [7, 11) is 3.02. The van der Waals surface area contributed by atoms with E-state index >= 15 is 0 Å². The van der Waals surface area contributed by atoms with Crippen molar-refractivity contribution in [1.29, 1.82) is 0 Å². The monoisotopic (exact) mass is 433 g/mol. The number of nitrogens with one attached hydrogen (secondary N) is 2. The van der Waals surface area contributed by atoms with Crippen molar-refractivity contribution in [2.45, 2.75) is 26.2 Å². The molecule has 29 heavy (non-hydrogen) atoms. The summed E-state index contributed by atoms with van der Waals surface area (Å²) in [6.07, 6.45) is 2.74. The fourth-order valence-electron chi connectivity index (χ4n) is 3.39. The van der Waals surface area contributed by atoms with Crippen LogP contribution in [0.3, 0.4) is 0 Å². The van der Waals surface area contributed by atoms with Crippen molar-refractivity contribution in [2.24, 2.45) is 11.7 Å². The van der Waals surface area contributed by atoms with Crippen LogP contribution in [0.2, 0.25) is 0 Å². The number of ether oxygens (including phenoxy) is 2. The van der Waals surface area contributed by atoms with Gasteiger partial charge in [0.05, 0.1) is 19.8 Å². The van der Waals surface area contributed by atoms with Crippen molar-refractivity contribution in [1.82, 2.24) is 5.32 Å². The van der Waals surface area contributed by atoms with Gasteiger partial charge in [0.25, 0.3) is 11.8 Å². The highest BCUT2D eigenvalue weighted by atomic mass is 32.1. The summed E-state index contributed by atoms with van der Waals surface area (Å²) in [6, 6.07) is 4.82. The molecule has 1 aliphatic rings. The van der Waals surface area contributed by atoms with Crippen LogP contribution in [0.25, 0.3) is 0 Å². The number of rotatable bonds is 5. The number of methoxy groups -OCH3 is 2. The Morgan fingerprint density at radius 2 is 1.97 bits per heavy atom. The Hall–Kier alpha value is -2.65. The van der Waals surface area contributed by atoms with Crippen LogP contribution < -0.4 is 25.8 Å². The van der Waals surface area contributed by atoms with Gasteiger partial charge in [-0.2, -0.15) is 0 Å². The number of carbonyl (C=O) groups excluding carboxylic acids is 2. The first-order valence-electron chi connectivity index (χ1n) is 9.12. The van der Waals surface area contributed by atoms with E-state index in [-0.39, 0.29) is 5.11 Å². The zero-order valence-corrected chi connectivity index (χ0v) is 18.1. The number of carbonyl (C=O) groups is 2. The van der Waals surface area contributed by atoms with Crippen molar-refractivity contribution in [2.75, 3.05) is 19.5 Å². The number of thiophene rings is 1. The molecule has 0 radical (unpaired) electrons. The molecule has 1 aromatic heterocycles. The molecule has 0 spiro atoms. The molecule has 4 N–H and O–H groups in total. The summed E-state index contributed by atoms with van der Waals surface area (Å²) >= 11 is 6.76. The van der Waals surface area contributed by atoms with E-state index < -0.39 is 11.8 Å². The number of benzene rings is 1. The van der Waals surface area contributed by atoms with Crippen LogP contribution >= 0.6 is 23.6 Å². The highest BCUT2D eigenvalue weighted by molar-refractivity contribution is 7.80. The number of anilines is 1. The van der Waals surface area contributed by atoms with Gasteiger partial charge in [0, 0.05) is 10.4 Å². The van der Waals surface area contributed by atoms with Gasteiger partial charge in [-0.25, -0.2) is 0 Å². The van der Waals surface area contributed by atoms with Gasteiger partial charge in [0.1, 0.15) is 5.00 Å². The van der Waals surface area contributed by atoms with E-state index in [0.29, 0.717) is 33.5 Å². The summed E-state index contributed by atoms with van der Waals surface area (Å²) in [5, 5.41) is 6.28. The Morgan fingerprint density at radius 1 is 1.24 bits per heavy atom. The van der Waals surface area contributed by atoms with E-state index in [4.69, 9.17) is 27.4 Å². The van der Waals surface area contributed by atoms with Gasteiger partial charge in [0.2, 0.25) is 0 Å². The molecule has 3 rings (SSSR count). The second-order valence-corrected chi connectivity index (χ2v) is 8.41. The number of thiocarbonyl (C=S) groups is 1. The summed E-state index contributed by atoms with van der Waals surface area (Å²) < 4.78 is 10.4. The number of primary amides is 1. The molecule has 9 heteroatoms. The normalized spacial score (nSPS) is 15.2. The molecule has 154 valence electrons. The molecule has 1 atom stereocenters. The molecule has 1 aliphatic carbocycles. The molecule has 2 amide bonds. The molecule has 0 saturated heterocycles. The van der Waals surface area contributed by atoms with Gasteiger partial charge in [-0.3, -0.25) is 14.9 Å². The van der Waals surface area contributed by atoms with Crippen LogP contribution in [0, 0.1) is 5.92 Å². The number of hydrogen-bond donors (Lipinski definition) is 3. The van der Waals surface area contributed by atoms with Crippen LogP contribution in [-0.2, 0) is 12.8 Å². The van der Waals surface area contributed by atoms with Gasteiger partial charge >= 0.3 is 0 Å². The lowest BCUT2D eigenvalue weighted by atomic mass is 9.88. The summed E-state index contributed by atoms with van der Waals surface area (Å²) in [4.78, 5) is 25.7. The first-order valence-corrected chi connectivity index (χ1v) is 10.3. The minimum Gasteiger partial charge on any atom is -0.493 e. The van der Waals surface area contributed by atoms with Crippen molar-refractivity contribution in [3.05, 3.63) is 39.8 Å². The lowest BCUT2D eigenvalue weighted by Gasteiger charge is -2.18. The van der Waals surface area contributed by atoms with Gasteiger partial charge in [-0.1, -0.05) is 6.92 Å². The zero-order valence-electron chi connectivity index (χ0n) is 16.5. The zero-order chi connectivity index (χ0) is 21.1. The molecule has 0 bridgehead atoms. The number of hydrogen-bond acceptors (Lipinski definition) is 6. The van der Waals surface area contributed by atoms with Crippen molar-refractivity contribution < 1.29 is 19.1 Å². The Labute approximate surface area is 178 Å². The van der Waals surface area contributed by atoms with Gasteiger partial charge in [-0.15, -0.1) is 11.3 Å². The smallest absolute Gasteiger partial charge is 0.257 e. The number of fused-ring (bicyclic) bond motifs is 1. The third kappa shape index (κ3) is 4.51. The average molecular weight is 434 g/mol. The van der Waals surface area contributed by atoms with E-state index in [1.165, 1.54) is 25.6 Å². The highest BCUT2D eigenvalue weighted by Gasteiger charge is 2.27. The Balaban J connectivity index is 1.76. The quantitative estimate of drug-likeness (QED) is 0.626. The maximum Gasteiger partial charge on any atom is 0.257 e. The Bertz CT molecular complexity index is 971. The van der Waals surface area contributed by atoms with Gasteiger partial charge in [-0.05, 0) is 61.2 Å². The molecule has 1 aromatic carbocycles. The molecular formula is C20H23N3O4S2. The second kappa shape index (κ2) is 8.79. The first kappa shape index (κ1) is 21.1. The van der Waals surface area contributed by atoms with E-state index in [2.05, 4.69) is 17.6 Å². The van der Waals surface area contributed by atoms with E-state index in [0.717, 1.165) is 29.7 Å². The Morgan fingerprint density at radius 3 is 2.62 bits per heavy atom. The maximum absolute atomic E-state index is 12.5. The second-order valence-electron chi connectivity index (χ2n) is 6.90. The van der Waals surface area contributed by atoms with Crippen LogP contribution in [0.1, 0.15) is 44.5 Å². The van der Waals surface area contributed by atoms with Crippen LogP contribution in [0.5, 0.6) is 11.5 Å². The minimum absolute atomic E-state index is 0.0962. The van der Waals surface area contributed by atoms with Crippen molar-refractivity contribution in [3.8, 4) is 11.5 Å². The lowest BCUT2D eigenvalue weighted by molar-refractivity contribution is 0.0975. The van der Waals surface area contributed by atoms with Crippen LogP contribution in [-0.4, -0.2) is 31.1 Å². The lowest BCUT2D eigenvalue weighted by Crippen LogP contribution is -2.34. The fourth-order valence-corrected chi connectivity index (χ4v) is 5.07. The van der Waals surface area contributed by atoms with Crippen molar-refractivity contribution in [3.63, 3.8) is 0 Å². The standard InChI is InChI=1S/C20H23N3O4S2/c1-10-4-6-12-15(8-10)29-19(16(12)17(21)24)23-20(28)22-18(25)11-5-7-13(26-2)14(9-11)27-3/h5,7,9-10H,4,6,8H2,1-3H3,(H2,21,24)(H2,22,23,25,28). The largest absolute Gasteiger partial charge is 0.493 e. The topological polar surface area (TPSA) is 103 Å². The SMILES string of the molecule is COc1ccc(C(=O)NC(=S)Nc2sc3c(c2C(N)=O)CCC(C)C3)cc1OC. The molecule has 1 heterocycles. The number of amides is 2. The molecule has 7 nitrogen and oxygen atoms in total. The summed E-state index contributed by atoms with van der Waals surface area (Å²) in [6.45, 7) is 2.19. The minimum atomic E-state index is -0.492. The molecule has 1 unspecified atom stereocenters. The molecule has 0 saturated carbocycles. The van der Waals surface area contributed by atoms with Crippen molar-refractivity contribution >= 4 is 45.5 Å². The predicted octanol–water partition coefficient (Wildman–Crippen LogP) is 3.12. The summed E-state index contributed by atoms with van der Waals surface area (Å²) in [5.41, 5.74) is 7.45. The van der Waals surface area contributed by atoms with E-state index in [9.17, 15) is 9.59 Å². The van der Waals surface area contributed by atoms with E-state index in [1.54, 1.807) is 18.2 Å². The summed E-state index contributed by atoms with van der Waals surface area (Å²) in [5.74, 6) is 0.628. The van der Waals surface area contributed by atoms with Crippen LogP contribution in [0.15, 0.2) is 18.2 Å². The average Bonchev–Trinajstić information content (AvgIpc) is 3.03. The predicted molar refractivity (Wildman–Crippen MR) is 117 cm³/mol. The molecule has 2 aromatic rings. The fraction of sp³-hybridized carbons (Fsp3) is 0.350. The first-order chi connectivity index (χ1) is 13.8.